The van der Waals surface area contributed by atoms with Gasteiger partial charge in [-0.25, -0.2) is 0 Å². The zero-order valence-corrected chi connectivity index (χ0v) is 10.7. The Morgan fingerprint density at radius 2 is 2.06 bits per heavy atom. The highest BCUT2D eigenvalue weighted by Crippen LogP contribution is 2.26. The van der Waals surface area contributed by atoms with E-state index in [0.717, 1.165) is 18.4 Å². The molecule has 0 aromatic heterocycles. The molecule has 4 heteroatoms. The molecular formula is C12H16ClNOS. The quantitative estimate of drug-likeness (QED) is 0.846. The molecule has 2 nitrogen and oxygen atoms in total. The maximum absolute atomic E-state index is 12.0. The average Bonchev–Trinajstić information content (AvgIpc) is 2.77. The third-order valence-electron chi connectivity index (χ3n) is 3.04. The van der Waals surface area contributed by atoms with Crippen molar-refractivity contribution in [1.29, 1.82) is 0 Å². The number of nitrogen functional groups attached to an aromatic ring is 1. The first-order chi connectivity index (χ1) is 7.66. The van der Waals surface area contributed by atoms with Gasteiger partial charge < -0.3 is 5.73 Å². The first-order valence-electron chi connectivity index (χ1n) is 5.58. The van der Waals surface area contributed by atoms with Gasteiger partial charge in [-0.3, -0.25) is 4.21 Å². The highest BCUT2D eigenvalue weighted by molar-refractivity contribution is 7.84. The van der Waals surface area contributed by atoms with E-state index < -0.39 is 10.8 Å². The Hall–Kier alpha value is -0.540. The molecule has 0 radical (unpaired) electrons. The summed E-state index contributed by atoms with van der Waals surface area (Å²) in [6, 6.07) is 5.51. The summed E-state index contributed by atoms with van der Waals surface area (Å²) in [6.07, 6.45) is 4.66. The number of halogens is 1. The van der Waals surface area contributed by atoms with E-state index in [0.29, 0.717) is 21.7 Å². The van der Waals surface area contributed by atoms with E-state index in [1.165, 1.54) is 12.8 Å². The summed E-state index contributed by atoms with van der Waals surface area (Å²) in [5.74, 6) is 0.603. The number of anilines is 1. The molecule has 0 spiro atoms. The second kappa shape index (κ2) is 5.19. The molecule has 1 aliphatic rings. The number of hydrogen-bond donors (Lipinski definition) is 1. The summed E-state index contributed by atoms with van der Waals surface area (Å²) in [5, 5.41) is 0.951. The largest absolute Gasteiger partial charge is 0.398 e. The van der Waals surface area contributed by atoms with Crippen molar-refractivity contribution >= 4 is 28.1 Å². The lowest BCUT2D eigenvalue weighted by Crippen LogP contribution is -2.12. The van der Waals surface area contributed by atoms with E-state index in [1.54, 1.807) is 6.07 Å². The van der Waals surface area contributed by atoms with Crippen LogP contribution in [-0.4, -0.2) is 9.46 Å². The number of nitrogens with two attached hydrogens (primary N) is 1. The zero-order chi connectivity index (χ0) is 11.5. The van der Waals surface area contributed by atoms with Crippen LogP contribution in [0.1, 0.15) is 31.2 Å². The smallest absolute Gasteiger partial charge is 0.0635 e. The fraction of sp³-hybridized carbons (Fsp3) is 0.500. The van der Waals surface area contributed by atoms with Gasteiger partial charge in [0.15, 0.2) is 0 Å². The van der Waals surface area contributed by atoms with Crippen LogP contribution in [0.3, 0.4) is 0 Å². The van der Waals surface area contributed by atoms with Gasteiger partial charge in [-0.15, -0.1) is 0 Å². The molecule has 1 unspecified atom stereocenters. The molecule has 1 aromatic rings. The van der Waals surface area contributed by atoms with Gasteiger partial charge in [0.2, 0.25) is 0 Å². The van der Waals surface area contributed by atoms with Gasteiger partial charge in [-0.2, -0.15) is 0 Å². The van der Waals surface area contributed by atoms with Crippen LogP contribution < -0.4 is 5.73 Å². The van der Waals surface area contributed by atoms with Crippen molar-refractivity contribution < 1.29 is 4.21 Å². The van der Waals surface area contributed by atoms with Crippen LogP contribution in [0.4, 0.5) is 5.69 Å². The van der Waals surface area contributed by atoms with Crippen LogP contribution in [0.2, 0.25) is 5.02 Å². The molecule has 1 aliphatic carbocycles. The normalized spacial score (nSPS) is 18.8. The Labute approximate surface area is 104 Å². The summed E-state index contributed by atoms with van der Waals surface area (Å²) < 4.78 is 12.0. The molecule has 1 fully saturated rings. The number of hydrogen-bond acceptors (Lipinski definition) is 2. The Morgan fingerprint density at radius 3 is 2.69 bits per heavy atom. The van der Waals surface area contributed by atoms with E-state index in [1.807, 2.05) is 12.1 Å². The van der Waals surface area contributed by atoms with Crippen LogP contribution in [0.15, 0.2) is 18.2 Å². The minimum atomic E-state index is -0.760. The molecule has 0 bridgehead atoms. The summed E-state index contributed by atoms with van der Waals surface area (Å²) in [6.45, 7) is 0. The van der Waals surface area contributed by atoms with Crippen molar-refractivity contribution in [3.63, 3.8) is 0 Å². The van der Waals surface area contributed by atoms with Crippen molar-refractivity contribution in [2.75, 3.05) is 5.73 Å². The maximum Gasteiger partial charge on any atom is 0.0635 e. The van der Waals surface area contributed by atoms with Gasteiger partial charge in [0.1, 0.15) is 0 Å². The molecule has 0 amide bonds. The molecule has 1 saturated carbocycles. The fourth-order valence-corrected chi connectivity index (χ4v) is 3.84. The van der Waals surface area contributed by atoms with Crippen LogP contribution in [-0.2, 0) is 16.6 Å². The number of rotatable bonds is 3. The van der Waals surface area contributed by atoms with E-state index in [4.69, 9.17) is 17.3 Å². The molecule has 0 saturated heterocycles. The monoisotopic (exact) mass is 257 g/mol. The second-order valence-electron chi connectivity index (χ2n) is 4.29. The summed E-state index contributed by atoms with van der Waals surface area (Å²) >= 11 is 5.84. The van der Waals surface area contributed by atoms with Gasteiger partial charge in [0.25, 0.3) is 0 Å². The van der Waals surface area contributed by atoms with Crippen molar-refractivity contribution in [3.05, 3.63) is 28.8 Å². The third-order valence-corrected chi connectivity index (χ3v) is 5.22. The van der Waals surface area contributed by atoms with Gasteiger partial charge >= 0.3 is 0 Å². The Bertz CT molecular complexity index is 402. The lowest BCUT2D eigenvalue weighted by Gasteiger charge is -2.09. The molecule has 2 N–H and O–H groups in total. The lowest BCUT2D eigenvalue weighted by atomic mass is 10.2. The fourth-order valence-electron chi connectivity index (χ4n) is 2.12. The molecular weight excluding hydrogens is 242 g/mol. The van der Waals surface area contributed by atoms with Crippen LogP contribution in [0.25, 0.3) is 0 Å². The molecule has 0 heterocycles. The second-order valence-corrected chi connectivity index (χ2v) is 6.41. The Kier molecular flexibility index (Phi) is 3.87. The SMILES string of the molecule is Nc1cc(CS(=O)C2CCCC2)ccc1Cl. The van der Waals surface area contributed by atoms with Crippen molar-refractivity contribution in [2.24, 2.45) is 0 Å². The zero-order valence-electron chi connectivity index (χ0n) is 9.12. The van der Waals surface area contributed by atoms with Crippen LogP contribution in [0, 0.1) is 0 Å². The standard InChI is InChI=1S/C12H16ClNOS/c13-11-6-5-9(7-12(11)14)8-16(15)10-3-1-2-4-10/h5-7,10H,1-4,8,14H2. The molecule has 88 valence electrons. The molecule has 0 aliphatic heterocycles. The molecule has 1 aromatic carbocycles. The molecule has 2 rings (SSSR count). The van der Waals surface area contributed by atoms with Gasteiger partial charge in [0.05, 0.1) is 10.7 Å². The summed E-state index contributed by atoms with van der Waals surface area (Å²) in [7, 11) is -0.760. The van der Waals surface area contributed by atoms with Crippen molar-refractivity contribution in [1.82, 2.24) is 0 Å². The highest BCUT2D eigenvalue weighted by Gasteiger charge is 2.21. The van der Waals surface area contributed by atoms with E-state index in [9.17, 15) is 4.21 Å². The van der Waals surface area contributed by atoms with Gasteiger partial charge in [0, 0.05) is 21.8 Å². The summed E-state index contributed by atoms with van der Waals surface area (Å²) in [5.41, 5.74) is 7.31. The van der Waals surface area contributed by atoms with Crippen molar-refractivity contribution in [3.8, 4) is 0 Å². The molecule has 1 atom stereocenters. The number of benzene rings is 1. The van der Waals surface area contributed by atoms with E-state index >= 15 is 0 Å². The van der Waals surface area contributed by atoms with Crippen molar-refractivity contribution in [2.45, 2.75) is 36.7 Å². The minimum absolute atomic E-state index is 0.386. The topological polar surface area (TPSA) is 43.1 Å². The average molecular weight is 258 g/mol. The van der Waals surface area contributed by atoms with E-state index in [2.05, 4.69) is 0 Å². The van der Waals surface area contributed by atoms with E-state index in [-0.39, 0.29) is 0 Å². The van der Waals surface area contributed by atoms with Gasteiger partial charge in [-0.1, -0.05) is 30.5 Å². The highest BCUT2D eigenvalue weighted by atomic mass is 35.5. The third kappa shape index (κ3) is 2.77. The first-order valence-corrected chi connectivity index (χ1v) is 7.34. The minimum Gasteiger partial charge on any atom is -0.398 e. The Balaban J connectivity index is 2.02. The Morgan fingerprint density at radius 1 is 1.38 bits per heavy atom. The van der Waals surface area contributed by atoms with Crippen LogP contribution >= 0.6 is 11.6 Å². The van der Waals surface area contributed by atoms with Crippen LogP contribution in [0.5, 0.6) is 0 Å². The molecule has 16 heavy (non-hydrogen) atoms. The lowest BCUT2D eigenvalue weighted by molar-refractivity contribution is 0.668. The van der Waals surface area contributed by atoms with Gasteiger partial charge in [-0.05, 0) is 30.5 Å². The predicted octanol–water partition coefficient (Wildman–Crippen LogP) is 3.11. The maximum atomic E-state index is 12.0. The first kappa shape index (κ1) is 11.9. The predicted molar refractivity (Wildman–Crippen MR) is 70.0 cm³/mol. The summed E-state index contributed by atoms with van der Waals surface area (Å²) in [4.78, 5) is 0.